The fourth-order valence-electron chi connectivity index (χ4n) is 1.65. The van der Waals surface area contributed by atoms with Crippen LogP contribution in [-0.2, 0) is 20.8 Å². The number of amides is 1. The van der Waals surface area contributed by atoms with Crippen LogP contribution in [0.4, 0.5) is 0 Å². The molecule has 0 heterocycles. The molecule has 7 N–H and O–H groups in total. The Morgan fingerprint density at radius 1 is 1.04 bits per heavy atom. The third-order valence-electron chi connectivity index (χ3n) is 2.99. The maximum absolute atomic E-state index is 10.8. The topological polar surface area (TPSA) is 156 Å². The standard InChI is InChI=1S/C9H11NO2.C7H14N2O3/c10-8(9(11)12)6-7-4-2-1-3-5-7;1-2-9-6(10)4-3-5(8)7(11)12/h1-5,8H,6,10H2,(H,11,12);5H,2-4,8H2,1H3,(H,9,10)(H,11,12). The fourth-order valence-corrected chi connectivity index (χ4v) is 1.65. The quantitative estimate of drug-likeness (QED) is 0.444. The van der Waals surface area contributed by atoms with Gasteiger partial charge in [-0.1, -0.05) is 30.3 Å². The molecule has 0 saturated heterocycles. The summed E-state index contributed by atoms with van der Waals surface area (Å²) in [7, 11) is 0. The average Bonchev–Trinajstić information content (AvgIpc) is 2.54. The second kappa shape index (κ2) is 12.0. The Morgan fingerprint density at radius 3 is 2.04 bits per heavy atom. The number of rotatable bonds is 8. The van der Waals surface area contributed by atoms with Crippen LogP contribution in [0.2, 0.25) is 0 Å². The van der Waals surface area contributed by atoms with Crippen molar-refractivity contribution in [2.24, 2.45) is 11.5 Å². The van der Waals surface area contributed by atoms with Gasteiger partial charge in [0.05, 0.1) is 0 Å². The summed E-state index contributed by atoms with van der Waals surface area (Å²) in [5.41, 5.74) is 11.5. The van der Waals surface area contributed by atoms with Gasteiger partial charge in [0, 0.05) is 13.0 Å². The monoisotopic (exact) mass is 339 g/mol. The average molecular weight is 339 g/mol. The van der Waals surface area contributed by atoms with Crippen molar-refractivity contribution in [3.05, 3.63) is 35.9 Å². The molecule has 0 aromatic heterocycles. The van der Waals surface area contributed by atoms with E-state index >= 15 is 0 Å². The Bertz CT molecular complexity index is 522. The summed E-state index contributed by atoms with van der Waals surface area (Å²) in [5, 5.41) is 19.4. The highest BCUT2D eigenvalue weighted by Crippen LogP contribution is 2.01. The number of nitrogens with two attached hydrogens (primary N) is 2. The van der Waals surface area contributed by atoms with Crippen molar-refractivity contribution in [2.45, 2.75) is 38.3 Å². The van der Waals surface area contributed by atoms with E-state index in [1.54, 1.807) is 6.92 Å². The van der Waals surface area contributed by atoms with Crippen LogP contribution >= 0.6 is 0 Å². The van der Waals surface area contributed by atoms with Crippen LogP contribution in [0.3, 0.4) is 0 Å². The van der Waals surface area contributed by atoms with E-state index in [2.05, 4.69) is 5.32 Å². The molecule has 0 bridgehead atoms. The van der Waals surface area contributed by atoms with Crippen molar-refractivity contribution in [1.29, 1.82) is 0 Å². The van der Waals surface area contributed by atoms with Gasteiger partial charge >= 0.3 is 11.9 Å². The number of nitrogens with one attached hydrogen (secondary N) is 1. The normalized spacial score (nSPS) is 12.3. The minimum atomic E-state index is -1.07. The smallest absolute Gasteiger partial charge is 0.320 e. The molecule has 2 unspecified atom stereocenters. The summed E-state index contributed by atoms with van der Waals surface area (Å²) in [5.74, 6) is -2.19. The summed E-state index contributed by atoms with van der Waals surface area (Å²) in [6, 6.07) is 7.61. The van der Waals surface area contributed by atoms with Gasteiger partial charge in [-0.25, -0.2) is 0 Å². The molecule has 1 amide bonds. The molecule has 8 heteroatoms. The highest BCUT2D eigenvalue weighted by Gasteiger charge is 2.12. The second-order valence-electron chi connectivity index (χ2n) is 5.07. The van der Waals surface area contributed by atoms with Crippen molar-refractivity contribution in [1.82, 2.24) is 5.32 Å². The zero-order chi connectivity index (χ0) is 18.5. The van der Waals surface area contributed by atoms with Crippen molar-refractivity contribution >= 4 is 17.8 Å². The largest absolute Gasteiger partial charge is 0.480 e. The van der Waals surface area contributed by atoms with Gasteiger partial charge in [0.25, 0.3) is 0 Å². The molecule has 0 saturated carbocycles. The molecule has 8 nitrogen and oxygen atoms in total. The first kappa shape index (κ1) is 21.6. The number of benzene rings is 1. The third kappa shape index (κ3) is 10.3. The van der Waals surface area contributed by atoms with E-state index in [9.17, 15) is 14.4 Å². The maximum Gasteiger partial charge on any atom is 0.320 e. The summed E-state index contributed by atoms with van der Waals surface area (Å²) >= 11 is 0. The van der Waals surface area contributed by atoms with Crippen molar-refractivity contribution in [2.75, 3.05) is 6.54 Å². The van der Waals surface area contributed by atoms with Crippen molar-refractivity contribution < 1.29 is 24.6 Å². The first-order valence-corrected chi connectivity index (χ1v) is 7.55. The summed E-state index contributed by atoms with van der Waals surface area (Å²) in [6.45, 7) is 2.36. The van der Waals surface area contributed by atoms with E-state index in [1.807, 2.05) is 30.3 Å². The van der Waals surface area contributed by atoms with E-state index < -0.39 is 24.0 Å². The van der Waals surface area contributed by atoms with Crippen LogP contribution in [0.15, 0.2) is 30.3 Å². The molecule has 0 spiro atoms. The van der Waals surface area contributed by atoms with Gasteiger partial charge in [0.1, 0.15) is 12.1 Å². The van der Waals surface area contributed by atoms with Crippen LogP contribution in [0.1, 0.15) is 25.3 Å². The molecule has 1 aromatic carbocycles. The maximum atomic E-state index is 10.8. The molecular formula is C16H25N3O5. The Hall–Kier alpha value is -2.45. The van der Waals surface area contributed by atoms with Crippen molar-refractivity contribution in [3.8, 4) is 0 Å². The van der Waals surface area contributed by atoms with E-state index in [0.29, 0.717) is 13.0 Å². The summed E-state index contributed by atoms with van der Waals surface area (Å²) in [6.07, 6.45) is 0.735. The Morgan fingerprint density at radius 2 is 1.58 bits per heavy atom. The minimum absolute atomic E-state index is 0.158. The first-order chi connectivity index (χ1) is 11.3. The number of carboxylic acids is 2. The van der Waals surface area contributed by atoms with Gasteiger partial charge in [-0.3, -0.25) is 14.4 Å². The lowest BCUT2D eigenvalue weighted by molar-refractivity contribution is -0.139. The van der Waals surface area contributed by atoms with Crippen LogP contribution in [0.25, 0.3) is 0 Å². The number of hydrogen-bond donors (Lipinski definition) is 5. The lowest BCUT2D eigenvalue weighted by Gasteiger charge is -2.05. The first-order valence-electron chi connectivity index (χ1n) is 7.55. The third-order valence-corrected chi connectivity index (χ3v) is 2.99. The Kier molecular flexibility index (Phi) is 10.8. The van der Waals surface area contributed by atoms with Gasteiger partial charge < -0.3 is 27.0 Å². The number of carboxylic acid groups (broad SMARTS) is 2. The molecule has 0 fully saturated rings. The molecule has 0 aliphatic heterocycles. The molecule has 0 radical (unpaired) electrons. The van der Waals surface area contributed by atoms with Crippen molar-refractivity contribution in [3.63, 3.8) is 0 Å². The molecule has 134 valence electrons. The Labute approximate surface area is 140 Å². The molecule has 0 aliphatic carbocycles. The SMILES string of the molecule is CCNC(=O)CCC(N)C(=O)O.NC(Cc1ccccc1)C(=O)O. The zero-order valence-electron chi connectivity index (χ0n) is 13.6. The highest BCUT2D eigenvalue weighted by molar-refractivity contribution is 5.78. The Balaban J connectivity index is 0.000000441. The van der Waals surface area contributed by atoms with E-state index in [1.165, 1.54) is 0 Å². The number of carbonyl (C=O) groups excluding carboxylic acids is 1. The van der Waals surface area contributed by atoms with E-state index in [-0.39, 0.29) is 18.7 Å². The lowest BCUT2D eigenvalue weighted by Crippen LogP contribution is -2.32. The van der Waals surface area contributed by atoms with Crippen LogP contribution in [0, 0.1) is 0 Å². The molecule has 0 aliphatic rings. The van der Waals surface area contributed by atoms with Gasteiger partial charge in [-0.2, -0.15) is 0 Å². The number of aliphatic carboxylic acids is 2. The van der Waals surface area contributed by atoms with Gasteiger partial charge in [0.2, 0.25) is 5.91 Å². The lowest BCUT2D eigenvalue weighted by atomic mass is 10.1. The van der Waals surface area contributed by atoms with Gasteiger partial charge in [0.15, 0.2) is 0 Å². The predicted molar refractivity (Wildman–Crippen MR) is 89.3 cm³/mol. The van der Waals surface area contributed by atoms with E-state index in [4.69, 9.17) is 21.7 Å². The number of hydrogen-bond acceptors (Lipinski definition) is 5. The van der Waals surface area contributed by atoms with Gasteiger partial charge in [-0.05, 0) is 25.3 Å². The van der Waals surface area contributed by atoms with Crippen LogP contribution in [-0.4, -0.2) is 46.7 Å². The second-order valence-corrected chi connectivity index (χ2v) is 5.07. The summed E-state index contributed by atoms with van der Waals surface area (Å²) in [4.78, 5) is 31.4. The number of carbonyl (C=O) groups is 3. The molecule has 1 aromatic rings. The fraction of sp³-hybridized carbons (Fsp3) is 0.438. The van der Waals surface area contributed by atoms with Crippen LogP contribution in [0.5, 0.6) is 0 Å². The zero-order valence-corrected chi connectivity index (χ0v) is 13.6. The molecule has 24 heavy (non-hydrogen) atoms. The highest BCUT2D eigenvalue weighted by atomic mass is 16.4. The molecular weight excluding hydrogens is 314 g/mol. The minimum Gasteiger partial charge on any atom is -0.480 e. The predicted octanol–water partition coefficient (Wildman–Crippen LogP) is -0.0444. The molecule has 1 rings (SSSR count). The molecule has 2 atom stereocenters. The summed E-state index contributed by atoms with van der Waals surface area (Å²) < 4.78 is 0. The van der Waals surface area contributed by atoms with E-state index in [0.717, 1.165) is 5.56 Å². The van der Waals surface area contributed by atoms with Gasteiger partial charge in [-0.15, -0.1) is 0 Å². The van der Waals surface area contributed by atoms with Crippen LogP contribution < -0.4 is 16.8 Å².